The Bertz CT molecular complexity index is 1160. The molecule has 1 aliphatic carbocycles. The van der Waals surface area contributed by atoms with Crippen molar-refractivity contribution < 1.29 is 63.1 Å². The Morgan fingerprint density at radius 2 is 0.828 bits per heavy atom. The van der Waals surface area contributed by atoms with Crippen molar-refractivity contribution in [3.8, 4) is 0 Å². The minimum atomic E-state index is -5.12. The highest BCUT2D eigenvalue weighted by Gasteiger charge is 2.51. The summed E-state index contributed by atoms with van der Waals surface area (Å²) in [6, 6.07) is 0. The first-order valence-corrected chi connectivity index (χ1v) is 27.4. The zero-order chi connectivity index (χ0) is 47.1. The molecule has 1 aliphatic rings. The maximum absolute atomic E-state index is 12.8. The summed E-state index contributed by atoms with van der Waals surface area (Å²) in [7, 11) is -5.12. The fourth-order valence-corrected chi connectivity index (χ4v) is 9.30. The minimum absolute atomic E-state index is 0.0997. The first-order valence-electron chi connectivity index (χ1n) is 26.0. The average Bonchev–Trinajstić information content (AvgIpc) is 3.28. The van der Waals surface area contributed by atoms with Gasteiger partial charge in [0, 0.05) is 12.8 Å². The molecule has 0 aliphatic heterocycles. The topological polar surface area (TPSA) is 210 Å². The third-order valence-electron chi connectivity index (χ3n) is 12.5. The monoisotopic (exact) mass is 935 g/mol. The molecule has 14 heteroatoms. The van der Waals surface area contributed by atoms with Crippen LogP contribution in [0.1, 0.15) is 238 Å². The molecule has 0 saturated heterocycles. The third kappa shape index (κ3) is 32.3. The van der Waals surface area contributed by atoms with Crippen LogP contribution in [0.2, 0.25) is 0 Å². The van der Waals surface area contributed by atoms with Gasteiger partial charge in [0.25, 0.3) is 0 Å². The van der Waals surface area contributed by atoms with E-state index in [0.29, 0.717) is 12.8 Å². The van der Waals surface area contributed by atoms with E-state index in [1.165, 1.54) is 154 Å². The lowest BCUT2D eigenvalue weighted by Crippen LogP contribution is -2.64. The van der Waals surface area contributed by atoms with Crippen LogP contribution in [0.15, 0.2) is 12.7 Å². The second-order valence-electron chi connectivity index (χ2n) is 18.5. The van der Waals surface area contributed by atoms with E-state index in [0.717, 1.165) is 51.4 Å². The van der Waals surface area contributed by atoms with E-state index < -0.39 is 75.7 Å². The van der Waals surface area contributed by atoms with E-state index in [4.69, 9.17) is 18.5 Å². The van der Waals surface area contributed by atoms with Gasteiger partial charge in [-0.15, -0.1) is 6.58 Å². The second kappa shape index (κ2) is 40.6. The lowest BCUT2D eigenvalue weighted by atomic mass is 9.85. The number of aliphatic hydroxyl groups excluding tert-OH is 5. The van der Waals surface area contributed by atoms with E-state index in [9.17, 15) is 44.6 Å². The molecule has 1 saturated carbocycles. The summed E-state index contributed by atoms with van der Waals surface area (Å²) in [5, 5.41) is 50.2. The van der Waals surface area contributed by atoms with Crippen LogP contribution in [0.25, 0.3) is 0 Å². The highest BCUT2D eigenvalue weighted by molar-refractivity contribution is 7.47. The lowest BCUT2D eigenvalue weighted by molar-refractivity contribution is -0.220. The molecule has 0 aromatic heterocycles. The number of esters is 2. The van der Waals surface area contributed by atoms with Crippen molar-refractivity contribution in [2.75, 3.05) is 13.2 Å². The van der Waals surface area contributed by atoms with Gasteiger partial charge in [-0.3, -0.25) is 18.6 Å². The van der Waals surface area contributed by atoms with Crippen molar-refractivity contribution in [1.82, 2.24) is 0 Å². The van der Waals surface area contributed by atoms with Gasteiger partial charge < -0.3 is 39.9 Å². The maximum Gasteiger partial charge on any atom is 0.472 e. The Balaban J connectivity index is 2.36. The molecule has 0 aromatic rings. The van der Waals surface area contributed by atoms with Crippen LogP contribution < -0.4 is 0 Å². The van der Waals surface area contributed by atoms with Gasteiger partial charge >= 0.3 is 19.8 Å². The smallest absolute Gasteiger partial charge is 0.462 e. The quantitative estimate of drug-likeness (QED) is 0.0145. The summed E-state index contributed by atoms with van der Waals surface area (Å²) in [5.74, 6) is -1.09. The molecule has 6 N–H and O–H groups in total. The molecule has 0 radical (unpaired) electrons. The molecule has 0 aromatic carbocycles. The summed E-state index contributed by atoms with van der Waals surface area (Å²) in [4.78, 5) is 35.8. The number of hydrogen-bond donors (Lipinski definition) is 6. The van der Waals surface area contributed by atoms with Gasteiger partial charge in [-0.05, 0) is 25.7 Å². The number of aliphatic hydroxyl groups is 5. The largest absolute Gasteiger partial charge is 0.472 e. The maximum atomic E-state index is 12.8. The molecule has 13 nitrogen and oxygen atoms in total. The van der Waals surface area contributed by atoms with Crippen LogP contribution in [-0.4, -0.2) is 98.3 Å². The number of hydrogen-bond acceptors (Lipinski definition) is 12. The van der Waals surface area contributed by atoms with Crippen LogP contribution >= 0.6 is 7.82 Å². The summed E-state index contributed by atoms with van der Waals surface area (Å²) >= 11 is 0. The predicted octanol–water partition coefficient (Wildman–Crippen LogP) is 11.0. The zero-order valence-corrected chi connectivity index (χ0v) is 41.1. The molecule has 1 rings (SSSR count). The number of carbonyl (C=O) groups is 2. The SMILES string of the molecule is C=CCCCCCCCCCCCCCCCC(=O)O[C@@H](COC(=O)CCCCCCCCCCCCCCCCCCCCCC)COP(=O)(O)OC1C(O)C(O)C(O)[C@H](O)C1O. The van der Waals surface area contributed by atoms with Gasteiger partial charge in [-0.2, -0.15) is 0 Å². The van der Waals surface area contributed by atoms with Gasteiger partial charge in [-0.1, -0.05) is 206 Å². The molecule has 0 heterocycles. The molecule has 1 fully saturated rings. The standard InChI is InChI=1S/C50H95O13P/c1-3-5-7-9-11-13-15-17-19-20-21-22-23-25-26-28-30-32-34-36-38-43(51)60-40-42(41-61-64(58,59)63-50-48(56)46(54)45(53)47(55)49(50)57)62-44(52)39-37-35-33-31-29-27-24-18-16-14-12-10-8-6-4-2/h4,42,45-50,53-57H,2-3,5-41H2,1H3,(H,58,59)/t42-,45?,46-,47?,48?,49?,50?/m0/s1. The van der Waals surface area contributed by atoms with Crippen molar-refractivity contribution in [3.63, 3.8) is 0 Å². The van der Waals surface area contributed by atoms with Crippen molar-refractivity contribution in [3.05, 3.63) is 12.7 Å². The van der Waals surface area contributed by atoms with E-state index in [-0.39, 0.29) is 12.8 Å². The molecule has 6 unspecified atom stereocenters. The molecular formula is C50H95O13P. The molecule has 378 valence electrons. The van der Waals surface area contributed by atoms with Crippen molar-refractivity contribution in [2.45, 2.75) is 281 Å². The zero-order valence-electron chi connectivity index (χ0n) is 40.2. The molecular weight excluding hydrogens is 840 g/mol. The van der Waals surface area contributed by atoms with Crippen LogP contribution in [-0.2, 0) is 32.7 Å². The summed E-state index contributed by atoms with van der Waals surface area (Å²) in [5.41, 5.74) is 0. The number of allylic oxidation sites excluding steroid dienone is 1. The first kappa shape index (κ1) is 60.6. The molecule has 64 heavy (non-hydrogen) atoms. The van der Waals surface area contributed by atoms with Crippen LogP contribution in [0.5, 0.6) is 0 Å². The highest BCUT2D eigenvalue weighted by Crippen LogP contribution is 2.47. The average molecular weight is 935 g/mol. The van der Waals surface area contributed by atoms with Crippen LogP contribution in [0, 0.1) is 0 Å². The number of ether oxygens (including phenoxy) is 2. The Kier molecular flexibility index (Phi) is 38.5. The second-order valence-corrected chi connectivity index (χ2v) is 19.9. The van der Waals surface area contributed by atoms with Gasteiger partial charge in [0.2, 0.25) is 0 Å². The number of phosphoric acid groups is 1. The van der Waals surface area contributed by atoms with Crippen molar-refractivity contribution in [2.24, 2.45) is 0 Å². The minimum Gasteiger partial charge on any atom is -0.462 e. The van der Waals surface area contributed by atoms with Crippen molar-refractivity contribution >= 4 is 19.8 Å². The number of unbranched alkanes of at least 4 members (excludes halogenated alkanes) is 32. The lowest BCUT2D eigenvalue weighted by Gasteiger charge is -2.41. The third-order valence-corrected chi connectivity index (χ3v) is 13.5. The summed E-state index contributed by atoms with van der Waals surface area (Å²) < 4.78 is 33.6. The van der Waals surface area contributed by atoms with E-state index in [1.807, 2.05) is 6.08 Å². The molecule has 8 atom stereocenters. The van der Waals surface area contributed by atoms with E-state index in [2.05, 4.69) is 13.5 Å². The van der Waals surface area contributed by atoms with E-state index >= 15 is 0 Å². The summed E-state index contributed by atoms with van der Waals surface area (Å²) in [6.07, 6.45) is 30.1. The van der Waals surface area contributed by atoms with Gasteiger partial charge in [-0.25, -0.2) is 4.57 Å². The predicted molar refractivity (Wildman–Crippen MR) is 254 cm³/mol. The van der Waals surface area contributed by atoms with Gasteiger partial charge in [0.1, 0.15) is 43.2 Å². The highest BCUT2D eigenvalue weighted by atomic mass is 31.2. The number of carbonyl (C=O) groups excluding carboxylic acids is 2. The van der Waals surface area contributed by atoms with E-state index in [1.54, 1.807) is 0 Å². The summed E-state index contributed by atoms with van der Waals surface area (Å²) in [6.45, 7) is 4.87. The van der Waals surface area contributed by atoms with Crippen LogP contribution in [0.4, 0.5) is 0 Å². The van der Waals surface area contributed by atoms with Gasteiger partial charge in [0.15, 0.2) is 6.10 Å². The Hall–Kier alpha value is -1.41. The van der Waals surface area contributed by atoms with Crippen molar-refractivity contribution in [1.29, 1.82) is 0 Å². The fraction of sp³-hybridized carbons (Fsp3) is 0.920. The first-order chi connectivity index (χ1) is 30.9. The molecule has 0 spiro atoms. The fourth-order valence-electron chi connectivity index (χ4n) is 8.33. The van der Waals surface area contributed by atoms with Gasteiger partial charge in [0.05, 0.1) is 6.61 Å². The van der Waals surface area contributed by atoms with Crippen LogP contribution in [0.3, 0.4) is 0 Å². The number of phosphoric ester groups is 1. The molecule has 0 bridgehead atoms. The number of rotatable bonds is 45. The molecule has 0 amide bonds. The normalized spacial score (nSPS) is 21.4. The Morgan fingerprint density at radius 1 is 0.500 bits per heavy atom. The Labute approximate surface area is 388 Å². The Morgan fingerprint density at radius 3 is 1.20 bits per heavy atom.